The standard InChI is InChI=1S/C13H16N2S/c1-10(12-6-4-3-5-7-12)15-11(2)13-8-14-9-16-13/h3-11,15H,1-2H3/t10-,11?/m1/s1. The minimum atomic E-state index is 0.350. The molecule has 3 heteroatoms. The molecule has 1 aromatic carbocycles. The highest BCUT2D eigenvalue weighted by Crippen LogP contribution is 2.21. The van der Waals surface area contributed by atoms with Crippen molar-refractivity contribution in [3.8, 4) is 0 Å². The van der Waals surface area contributed by atoms with Crippen LogP contribution in [0.3, 0.4) is 0 Å². The van der Waals surface area contributed by atoms with Gasteiger partial charge in [0.25, 0.3) is 0 Å². The normalized spacial score (nSPS) is 14.6. The molecule has 0 aliphatic heterocycles. The number of benzene rings is 1. The second-order valence-electron chi connectivity index (χ2n) is 3.92. The van der Waals surface area contributed by atoms with Gasteiger partial charge >= 0.3 is 0 Å². The molecule has 84 valence electrons. The Kier molecular flexibility index (Phi) is 3.70. The number of thiazole rings is 1. The number of aromatic nitrogens is 1. The van der Waals surface area contributed by atoms with Gasteiger partial charge in [-0.1, -0.05) is 30.3 Å². The molecule has 2 atom stereocenters. The fourth-order valence-electron chi connectivity index (χ4n) is 1.73. The maximum Gasteiger partial charge on any atom is 0.0794 e. The molecule has 0 radical (unpaired) electrons. The first-order valence-corrected chi connectivity index (χ1v) is 6.34. The van der Waals surface area contributed by atoms with Crippen molar-refractivity contribution in [2.45, 2.75) is 25.9 Å². The molecule has 2 rings (SSSR count). The van der Waals surface area contributed by atoms with Crippen molar-refractivity contribution in [2.24, 2.45) is 0 Å². The van der Waals surface area contributed by atoms with Gasteiger partial charge in [0.1, 0.15) is 0 Å². The van der Waals surface area contributed by atoms with Crippen LogP contribution in [0.5, 0.6) is 0 Å². The van der Waals surface area contributed by atoms with Gasteiger partial charge in [-0.15, -0.1) is 11.3 Å². The summed E-state index contributed by atoms with van der Waals surface area (Å²) in [6, 6.07) is 11.2. The first kappa shape index (κ1) is 11.3. The van der Waals surface area contributed by atoms with Gasteiger partial charge in [0.05, 0.1) is 5.51 Å². The lowest BCUT2D eigenvalue weighted by Crippen LogP contribution is -2.21. The summed E-state index contributed by atoms with van der Waals surface area (Å²) in [4.78, 5) is 5.38. The monoisotopic (exact) mass is 232 g/mol. The smallest absolute Gasteiger partial charge is 0.0794 e. The lowest BCUT2D eigenvalue weighted by Gasteiger charge is -2.19. The molecule has 0 saturated heterocycles. The van der Waals surface area contributed by atoms with Gasteiger partial charge in [-0.2, -0.15) is 0 Å². The van der Waals surface area contributed by atoms with Crippen molar-refractivity contribution in [1.82, 2.24) is 10.3 Å². The van der Waals surface area contributed by atoms with Crippen molar-refractivity contribution in [3.05, 3.63) is 52.5 Å². The number of hydrogen-bond acceptors (Lipinski definition) is 3. The summed E-state index contributed by atoms with van der Waals surface area (Å²) in [7, 11) is 0. The SMILES string of the molecule is CC(N[C@H](C)c1ccccc1)c1cncs1. The fourth-order valence-corrected chi connectivity index (χ4v) is 2.37. The molecule has 0 aliphatic rings. The second-order valence-corrected chi connectivity index (χ2v) is 4.84. The summed E-state index contributed by atoms with van der Waals surface area (Å²) in [5, 5.41) is 3.57. The van der Waals surface area contributed by atoms with E-state index in [1.807, 2.05) is 17.8 Å². The van der Waals surface area contributed by atoms with Crippen LogP contribution in [0.2, 0.25) is 0 Å². The molecule has 1 N–H and O–H groups in total. The minimum absolute atomic E-state index is 0.350. The molecule has 2 aromatic rings. The predicted octanol–water partition coefficient (Wildman–Crippen LogP) is 3.55. The number of hydrogen-bond donors (Lipinski definition) is 1. The Morgan fingerprint density at radius 3 is 2.50 bits per heavy atom. The summed E-state index contributed by atoms with van der Waals surface area (Å²) < 4.78 is 0. The molecule has 1 unspecified atom stereocenters. The summed E-state index contributed by atoms with van der Waals surface area (Å²) in [6.45, 7) is 4.36. The van der Waals surface area contributed by atoms with Crippen molar-refractivity contribution in [1.29, 1.82) is 0 Å². The molecule has 0 amide bonds. The zero-order chi connectivity index (χ0) is 11.4. The molecule has 0 saturated carbocycles. The molecular weight excluding hydrogens is 216 g/mol. The number of nitrogens with one attached hydrogen (secondary N) is 1. The molecule has 0 fully saturated rings. The van der Waals surface area contributed by atoms with Gasteiger partial charge in [0.2, 0.25) is 0 Å². The third kappa shape index (κ3) is 2.68. The Bertz CT molecular complexity index is 411. The number of nitrogens with zero attached hydrogens (tertiary/aromatic N) is 1. The third-order valence-electron chi connectivity index (χ3n) is 2.68. The van der Waals surface area contributed by atoms with Gasteiger partial charge in [-0.3, -0.25) is 4.98 Å². The second kappa shape index (κ2) is 5.23. The van der Waals surface area contributed by atoms with E-state index in [1.54, 1.807) is 11.3 Å². The fraction of sp³-hybridized carbons (Fsp3) is 0.308. The van der Waals surface area contributed by atoms with Crippen molar-refractivity contribution >= 4 is 11.3 Å². The van der Waals surface area contributed by atoms with Crippen LogP contribution in [0.4, 0.5) is 0 Å². The van der Waals surface area contributed by atoms with Crippen LogP contribution < -0.4 is 5.32 Å². The van der Waals surface area contributed by atoms with Crippen molar-refractivity contribution in [2.75, 3.05) is 0 Å². The van der Waals surface area contributed by atoms with Crippen LogP contribution in [-0.4, -0.2) is 4.98 Å². The minimum Gasteiger partial charge on any atom is -0.303 e. The first-order valence-electron chi connectivity index (χ1n) is 5.46. The average Bonchev–Trinajstić information content (AvgIpc) is 2.83. The first-order chi connectivity index (χ1) is 7.77. The molecule has 0 spiro atoms. The largest absolute Gasteiger partial charge is 0.303 e. The van der Waals surface area contributed by atoms with Gasteiger partial charge in [-0.25, -0.2) is 0 Å². The van der Waals surface area contributed by atoms with E-state index in [2.05, 4.69) is 48.4 Å². The number of rotatable bonds is 4. The maximum atomic E-state index is 4.10. The van der Waals surface area contributed by atoms with E-state index in [-0.39, 0.29) is 0 Å². The van der Waals surface area contributed by atoms with Crippen LogP contribution in [0.15, 0.2) is 42.0 Å². The highest BCUT2D eigenvalue weighted by Gasteiger charge is 2.11. The van der Waals surface area contributed by atoms with Crippen LogP contribution >= 0.6 is 11.3 Å². The van der Waals surface area contributed by atoms with E-state index in [9.17, 15) is 0 Å². The van der Waals surface area contributed by atoms with E-state index in [0.29, 0.717) is 12.1 Å². The zero-order valence-electron chi connectivity index (χ0n) is 9.55. The summed E-state index contributed by atoms with van der Waals surface area (Å²) in [5.41, 5.74) is 3.19. The Morgan fingerprint density at radius 1 is 1.12 bits per heavy atom. The third-order valence-corrected chi connectivity index (χ3v) is 3.64. The van der Waals surface area contributed by atoms with E-state index in [1.165, 1.54) is 10.4 Å². The van der Waals surface area contributed by atoms with Crippen LogP contribution in [-0.2, 0) is 0 Å². The summed E-state index contributed by atoms with van der Waals surface area (Å²) in [6.07, 6.45) is 1.93. The van der Waals surface area contributed by atoms with Gasteiger partial charge in [-0.05, 0) is 19.4 Å². The molecule has 2 nitrogen and oxygen atoms in total. The molecule has 16 heavy (non-hydrogen) atoms. The van der Waals surface area contributed by atoms with Crippen LogP contribution in [0, 0.1) is 0 Å². The van der Waals surface area contributed by atoms with E-state index < -0.39 is 0 Å². The molecule has 1 heterocycles. The molecule has 1 aromatic heterocycles. The molecule has 0 bridgehead atoms. The van der Waals surface area contributed by atoms with Crippen molar-refractivity contribution < 1.29 is 0 Å². The Balaban J connectivity index is 2.00. The summed E-state index contributed by atoms with van der Waals surface area (Å²) in [5.74, 6) is 0. The Labute approximate surface area is 100 Å². The molecule has 0 aliphatic carbocycles. The maximum absolute atomic E-state index is 4.10. The van der Waals surface area contributed by atoms with E-state index in [0.717, 1.165) is 0 Å². The van der Waals surface area contributed by atoms with E-state index in [4.69, 9.17) is 0 Å². The lowest BCUT2D eigenvalue weighted by molar-refractivity contribution is 0.499. The zero-order valence-corrected chi connectivity index (χ0v) is 10.4. The average molecular weight is 232 g/mol. The lowest BCUT2D eigenvalue weighted by atomic mass is 10.1. The highest BCUT2D eigenvalue weighted by atomic mass is 32.1. The quantitative estimate of drug-likeness (QED) is 0.872. The predicted molar refractivity (Wildman–Crippen MR) is 68.5 cm³/mol. The van der Waals surface area contributed by atoms with Crippen molar-refractivity contribution in [3.63, 3.8) is 0 Å². The van der Waals surface area contributed by atoms with Crippen LogP contribution in [0.25, 0.3) is 0 Å². The Morgan fingerprint density at radius 2 is 1.88 bits per heavy atom. The topological polar surface area (TPSA) is 24.9 Å². The van der Waals surface area contributed by atoms with E-state index >= 15 is 0 Å². The molecular formula is C13H16N2S. The van der Waals surface area contributed by atoms with Gasteiger partial charge < -0.3 is 5.32 Å². The highest BCUT2D eigenvalue weighted by molar-refractivity contribution is 7.09. The van der Waals surface area contributed by atoms with Gasteiger partial charge in [0.15, 0.2) is 0 Å². The summed E-state index contributed by atoms with van der Waals surface area (Å²) >= 11 is 1.69. The van der Waals surface area contributed by atoms with Gasteiger partial charge in [0, 0.05) is 23.2 Å². The van der Waals surface area contributed by atoms with Crippen LogP contribution in [0.1, 0.15) is 36.4 Å². The Hall–Kier alpha value is -1.19.